The Labute approximate surface area is 171 Å². The number of hydrogen-bond donors (Lipinski definition) is 2. The minimum absolute atomic E-state index is 0.0587. The van der Waals surface area contributed by atoms with Gasteiger partial charge in [-0.1, -0.05) is 25.0 Å². The summed E-state index contributed by atoms with van der Waals surface area (Å²) in [5, 5.41) is 5.67. The second-order valence-electron chi connectivity index (χ2n) is 7.67. The van der Waals surface area contributed by atoms with E-state index in [1.54, 1.807) is 0 Å². The molecule has 2 fully saturated rings. The van der Waals surface area contributed by atoms with E-state index in [0.29, 0.717) is 25.9 Å². The quantitative estimate of drug-likeness (QED) is 0.650. The van der Waals surface area contributed by atoms with E-state index in [9.17, 15) is 22.4 Å². The zero-order valence-corrected chi connectivity index (χ0v) is 17.2. The number of carbonyl (C=O) groups excluding carboxylic acids is 2. The number of piperidine rings is 1. The molecule has 2 N–H and O–H groups in total. The number of halogens is 1. The fraction of sp³-hybridized carbons (Fsp3) is 0.600. The van der Waals surface area contributed by atoms with Gasteiger partial charge in [-0.2, -0.15) is 4.31 Å². The first kappa shape index (κ1) is 21.7. The number of carbonyl (C=O) groups is 2. The van der Waals surface area contributed by atoms with Crippen LogP contribution in [0.3, 0.4) is 0 Å². The highest BCUT2D eigenvalue weighted by molar-refractivity contribution is 7.89. The third-order valence-corrected chi connectivity index (χ3v) is 7.66. The molecule has 2 amide bonds. The molecule has 1 saturated carbocycles. The lowest BCUT2D eigenvalue weighted by Crippen LogP contribution is -2.44. The first-order valence-electron chi connectivity index (χ1n) is 10.2. The van der Waals surface area contributed by atoms with Crippen LogP contribution in [0.5, 0.6) is 0 Å². The molecule has 29 heavy (non-hydrogen) atoms. The Balaban J connectivity index is 1.41. The number of nitrogens with zero attached hydrogens (tertiary/aromatic N) is 1. The zero-order valence-electron chi connectivity index (χ0n) is 16.4. The maximum atomic E-state index is 13.9. The van der Waals surface area contributed by atoms with Crippen LogP contribution in [0.1, 0.15) is 38.5 Å². The molecule has 0 unspecified atom stereocenters. The maximum Gasteiger partial charge on any atom is 0.245 e. The van der Waals surface area contributed by atoms with Gasteiger partial charge in [0.05, 0.1) is 0 Å². The molecule has 1 saturated heterocycles. The van der Waals surface area contributed by atoms with E-state index >= 15 is 0 Å². The number of sulfonamides is 1. The van der Waals surface area contributed by atoms with Crippen molar-refractivity contribution in [2.45, 2.75) is 43.4 Å². The Kier molecular flexibility index (Phi) is 7.23. The SMILES string of the molecule is O=C(NCCNC(=O)C1CCN(S(=O)(=O)c2ccccc2F)CC1)C1CCCC1. The monoisotopic (exact) mass is 425 g/mol. The summed E-state index contributed by atoms with van der Waals surface area (Å²) in [4.78, 5) is 23.9. The number of nitrogens with one attached hydrogen (secondary N) is 2. The second-order valence-corrected chi connectivity index (χ2v) is 9.58. The first-order chi connectivity index (χ1) is 13.9. The number of rotatable bonds is 7. The molecule has 1 heterocycles. The third kappa shape index (κ3) is 5.33. The lowest BCUT2D eigenvalue weighted by molar-refractivity contribution is -0.127. The fourth-order valence-corrected chi connectivity index (χ4v) is 5.53. The third-order valence-electron chi connectivity index (χ3n) is 5.73. The van der Waals surface area contributed by atoms with Gasteiger partial charge in [0.15, 0.2) is 0 Å². The molecule has 2 aliphatic rings. The molecule has 9 heteroatoms. The number of benzene rings is 1. The van der Waals surface area contributed by atoms with Crippen molar-refractivity contribution in [3.05, 3.63) is 30.1 Å². The van der Waals surface area contributed by atoms with Crippen LogP contribution in [-0.2, 0) is 19.6 Å². The maximum absolute atomic E-state index is 13.9. The summed E-state index contributed by atoms with van der Waals surface area (Å²) in [7, 11) is -3.90. The van der Waals surface area contributed by atoms with Gasteiger partial charge >= 0.3 is 0 Å². The Hall–Kier alpha value is -2.00. The second kappa shape index (κ2) is 9.67. The molecule has 0 radical (unpaired) electrons. The molecule has 0 atom stereocenters. The van der Waals surface area contributed by atoms with Gasteiger partial charge in [-0.3, -0.25) is 9.59 Å². The van der Waals surface area contributed by atoms with Gasteiger partial charge in [0.1, 0.15) is 10.7 Å². The average Bonchev–Trinajstić information content (AvgIpc) is 3.26. The van der Waals surface area contributed by atoms with E-state index in [1.165, 1.54) is 22.5 Å². The van der Waals surface area contributed by atoms with E-state index in [-0.39, 0.29) is 41.6 Å². The summed E-state index contributed by atoms with van der Waals surface area (Å²) < 4.78 is 40.3. The fourth-order valence-electron chi connectivity index (χ4n) is 4.00. The van der Waals surface area contributed by atoms with Crippen molar-refractivity contribution >= 4 is 21.8 Å². The molecule has 1 aliphatic heterocycles. The Morgan fingerprint density at radius 3 is 2.00 bits per heavy atom. The van der Waals surface area contributed by atoms with Gasteiger partial charge in [-0.25, -0.2) is 12.8 Å². The van der Waals surface area contributed by atoms with Crippen LogP contribution >= 0.6 is 0 Å². The van der Waals surface area contributed by atoms with Crippen LogP contribution in [0.4, 0.5) is 4.39 Å². The highest BCUT2D eigenvalue weighted by Gasteiger charge is 2.33. The van der Waals surface area contributed by atoms with Gasteiger partial charge in [0.25, 0.3) is 0 Å². The lowest BCUT2D eigenvalue weighted by Gasteiger charge is -2.30. The van der Waals surface area contributed by atoms with Gasteiger partial charge in [0.2, 0.25) is 21.8 Å². The first-order valence-corrected chi connectivity index (χ1v) is 11.6. The predicted molar refractivity (Wildman–Crippen MR) is 106 cm³/mol. The van der Waals surface area contributed by atoms with E-state index in [0.717, 1.165) is 31.7 Å². The number of amides is 2. The lowest BCUT2D eigenvalue weighted by atomic mass is 9.97. The van der Waals surface area contributed by atoms with Crippen LogP contribution in [-0.4, -0.2) is 50.7 Å². The van der Waals surface area contributed by atoms with Crippen molar-refractivity contribution in [3.8, 4) is 0 Å². The van der Waals surface area contributed by atoms with Crippen molar-refractivity contribution in [2.75, 3.05) is 26.2 Å². The van der Waals surface area contributed by atoms with E-state index in [4.69, 9.17) is 0 Å². The summed E-state index contributed by atoms with van der Waals surface area (Å²) in [6.07, 6.45) is 4.83. The molecular weight excluding hydrogens is 397 g/mol. The van der Waals surface area contributed by atoms with Crippen LogP contribution < -0.4 is 10.6 Å². The summed E-state index contributed by atoms with van der Waals surface area (Å²) in [5.41, 5.74) is 0. The van der Waals surface area contributed by atoms with Gasteiger partial charge in [-0.05, 0) is 37.8 Å². The highest BCUT2D eigenvalue weighted by atomic mass is 32.2. The van der Waals surface area contributed by atoms with Crippen molar-refractivity contribution in [3.63, 3.8) is 0 Å². The topological polar surface area (TPSA) is 95.6 Å². The van der Waals surface area contributed by atoms with Crippen LogP contribution in [0, 0.1) is 17.7 Å². The van der Waals surface area contributed by atoms with E-state index in [1.807, 2.05) is 0 Å². The van der Waals surface area contributed by atoms with Crippen molar-refractivity contribution < 1.29 is 22.4 Å². The molecule has 1 aromatic rings. The summed E-state index contributed by atoms with van der Waals surface area (Å²) in [5.74, 6) is -1.03. The largest absolute Gasteiger partial charge is 0.354 e. The minimum Gasteiger partial charge on any atom is -0.354 e. The van der Waals surface area contributed by atoms with E-state index < -0.39 is 15.8 Å². The molecule has 1 aliphatic carbocycles. The standard InChI is InChI=1S/C20H28FN3O4S/c21-17-7-3-4-8-18(17)29(27,28)24-13-9-16(10-14-24)20(26)23-12-11-22-19(25)15-5-1-2-6-15/h3-4,7-8,15-16H,1-2,5-6,9-14H2,(H,22,25)(H,23,26). The molecular formula is C20H28FN3O4S. The van der Waals surface area contributed by atoms with Crippen molar-refractivity contribution in [1.29, 1.82) is 0 Å². The smallest absolute Gasteiger partial charge is 0.245 e. The van der Waals surface area contributed by atoms with Crippen molar-refractivity contribution in [1.82, 2.24) is 14.9 Å². The molecule has 3 rings (SSSR count). The Morgan fingerprint density at radius 1 is 0.931 bits per heavy atom. The summed E-state index contributed by atoms with van der Waals surface area (Å²) in [6.45, 7) is 1.09. The minimum atomic E-state index is -3.90. The van der Waals surface area contributed by atoms with Gasteiger partial charge in [0, 0.05) is 38.0 Å². The molecule has 0 aromatic heterocycles. The molecule has 160 valence electrons. The average molecular weight is 426 g/mol. The Morgan fingerprint density at radius 2 is 1.45 bits per heavy atom. The van der Waals surface area contributed by atoms with Crippen LogP contribution in [0.25, 0.3) is 0 Å². The zero-order chi connectivity index (χ0) is 20.9. The molecule has 1 aromatic carbocycles. The number of hydrogen-bond acceptors (Lipinski definition) is 4. The summed E-state index contributed by atoms with van der Waals surface area (Å²) >= 11 is 0. The Bertz CT molecular complexity index is 832. The molecule has 0 spiro atoms. The van der Waals surface area contributed by atoms with Gasteiger partial charge < -0.3 is 10.6 Å². The van der Waals surface area contributed by atoms with Crippen LogP contribution in [0.2, 0.25) is 0 Å². The van der Waals surface area contributed by atoms with Crippen molar-refractivity contribution in [2.24, 2.45) is 11.8 Å². The summed E-state index contributed by atoms with van der Waals surface area (Å²) in [6, 6.07) is 5.31. The van der Waals surface area contributed by atoms with Crippen LogP contribution in [0.15, 0.2) is 29.2 Å². The normalized spacial score (nSPS) is 19.2. The van der Waals surface area contributed by atoms with Gasteiger partial charge in [-0.15, -0.1) is 0 Å². The predicted octanol–water partition coefficient (Wildman–Crippen LogP) is 1.65. The highest BCUT2D eigenvalue weighted by Crippen LogP contribution is 2.26. The molecule has 0 bridgehead atoms. The van der Waals surface area contributed by atoms with E-state index in [2.05, 4.69) is 10.6 Å². The molecule has 7 nitrogen and oxygen atoms in total.